The number of rotatable bonds is 4. The molecule has 2 atom stereocenters. The SMILES string of the molecule is CC(NCC1CCN(C)C1)c1ccc2ccccc2c1. The number of nitrogens with zero attached hydrogens (tertiary/aromatic N) is 1. The first-order chi connectivity index (χ1) is 9.72. The Morgan fingerprint density at radius 1 is 1.20 bits per heavy atom. The van der Waals surface area contributed by atoms with Crippen LogP contribution in [0, 0.1) is 5.92 Å². The molecule has 2 nitrogen and oxygen atoms in total. The Kier molecular flexibility index (Phi) is 4.04. The zero-order chi connectivity index (χ0) is 13.9. The van der Waals surface area contributed by atoms with Gasteiger partial charge in [0, 0.05) is 12.6 Å². The van der Waals surface area contributed by atoms with Gasteiger partial charge < -0.3 is 10.2 Å². The van der Waals surface area contributed by atoms with Gasteiger partial charge in [-0.25, -0.2) is 0 Å². The smallest absolute Gasteiger partial charge is 0.0292 e. The lowest BCUT2D eigenvalue weighted by Crippen LogP contribution is -2.27. The summed E-state index contributed by atoms with van der Waals surface area (Å²) in [7, 11) is 2.22. The van der Waals surface area contributed by atoms with E-state index in [2.05, 4.69) is 66.7 Å². The highest BCUT2D eigenvalue weighted by molar-refractivity contribution is 5.83. The Morgan fingerprint density at radius 3 is 2.75 bits per heavy atom. The molecule has 0 amide bonds. The Hall–Kier alpha value is -1.38. The predicted molar refractivity (Wildman–Crippen MR) is 86.0 cm³/mol. The van der Waals surface area contributed by atoms with Crippen molar-refractivity contribution in [3.63, 3.8) is 0 Å². The molecule has 106 valence electrons. The Morgan fingerprint density at radius 2 is 2.00 bits per heavy atom. The molecular weight excluding hydrogens is 244 g/mol. The minimum Gasteiger partial charge on any atom is -0.310 e. The molecule has 1 heterocycles. The lowest BCUT2D eigenvalue weighted by Gasteiger charge is -2.18. The van der Waals surface area contributed by atoms with Crippen LogP contribution in [0.5, 0.6) is 0 Å². The fourth-order valence-electron chi connectivity index (χ4n) is 3.13. The Balaban J connectivity index is 1.64. The molecule has 1 N–H and O–H groups in total. The van der Waals surface area contributed by atoms with Crippen LogP contribution < -0.4 is 5.32 Å². The zero-order valence-electron chi connectivity index (χ0n) is 12.5. The highest BCUT2D eigenvalue weighted by atomic mass is 15.1. The molecule has 1 saturated heterocycles. The molecule has 2 heteroatoms. The highest BCUT2D eigenvalue weighted by Gasteiger charge is 2.19. The molecule has 0 bridgehead atoms. The van der Waals surface area contributed by atoms with Crippen molar-refractivity contribution in [2.45, 2.75) is 19.4 Å². The van der Waals surface area contributed by atoms with Gasteiger partial charge in [0.2, 0.25) is 0 Å². The van der Waals surface area contributed by atoms with Crippen LogP contribution in [-0.2, 0) is 0 Å². The molecule has 2 aromatic carbocycles. The lowest BCUT2D eigenvalue weighted by molar-refractivity contribution is 0.382. The quantitative estimate of drug-likeness (QED) is 0.913. The highest BCUT2D eigenvalue weighted by Crippen LogP contribution is 2.21. The number of hydrogen-bond donors (Lipinski definition) is 1. The lowest BCUT2D eigenvalue weighted by atomic mass is 10.0. The van der Waals surface area contributed by atoms with Gasteiger partial charge in [0.15, 0.2) is 0 Å². The van der Waals surface area contributed by atoms with E-state index in [9.17, 15) is 0 Å². The van der Waals surface area contributed by atoms with Crippen molar-refractivity contribution in [3.05, 3.63) is 48.0 Å². The van der Waals surface area contributed by atoms with E-state index in [-0.39, 0.29) is 0 Å². The van der Waals surface area contributed by atoms with Gasteiger partial charge in [-0.1, -0.05) is 36.4 Å². The van der Waals surface area contributed by atoms with Crippen LogP contribution in [0.25, 0.3) is 10.8 Å². The zero-order valence-corrected chi connectivity index (χ0v) is 12.5. The van der Waals surface area contributed by atoms with E-state index in [0.29, 0.717) is 6.04 Å². The number of hydrogen-bond acceptors (Lipinski definition) is 2. The normalized spacial score (nSPS) is 21.4. The van der Waals surface area contributed by atoms with E-state index >= 15 is 0 Å². The van der Waals surface area contributed by atoms with Gasteiger partial charge >= 0.3 is 0 Å². The molecular formula is C18H24N2. The van der Waals surface area contributed by atoms with Crippen molar-refractivity contribution >= 4 is 10.8 Å². The van der Waals surface area contributed by atoms with Crippen molar-refractivity contribution < 1.29 is 0 Å². The number of benzene rings is 2. The van der Waals surface area contributed by atoms with Crippen molar-refractivity contribution in [2.24, 2.45) is 5.92 Å². The number of likely N-dealkylation sites (tertiary alicyclic amines) is 1. The van der Waals surface area contributed by atoms with Crippen LogP contribution in [0.2, 0.25) is 0 Å². The topological polar surface area (TPSA) is 15.3 Å². The first-order valence-electron chi connectivity index (χ1n) is 7.63. The van der Waals surface area contributed by atoms with Crippen LogP contribution in [0.4, 0.5) is 0 Å². The summed E-state index contributed by atoms with van der Waals surface area (Å²) in [5.74, 6) is 0.808. The second-order valence-electron chi connectivity index (χ2n) is 6.15. The molecule has 1 aliphatic heterocycles. The fraction of sp³-hybridized carbons (Fsp3) is 0.444. The summed E-state index contributed by atoms with van der Waals surface area (Å²) in [6.07, 6.45) is 1.33. The van der Waals surface area contributed by atoms with E-state index in [1.165, 1.54) is 35.8 Å². The minimum atomic E-state index is 0.422. The van der Waals surface area contributed by atoms with Crippen LogP contribution >= 0.6 is 0 Å². The van der Waals surface area contributed by atoms with Gasteiger partial charge in [-0.05, 0) is 61.8 Å². The van der Waals surface area contributed by atoms with Crippen molar-refractivity contribution in [1.29, 1.82) is 0 Å². The molecule has 3 rings (SSSR count). The van der Waals surface area contributed by atoms with Gasteiger partial charge in [0.05, 0.1) is 0 Å². The number of nitrogens with one attached hydrogen (secondary N) is 1. The molecule has 0 radical (unpaired) electrons. The van der Waals surface area contributed by atoms with Crippen LogP contribution in [0.15, 0.2) is 42.5 Å². The third-order valence-corrected chi connectivity index (χ3v) is 4.48. The largest absolute Gasteiger partial charge is 0.310 e. The molecule has 1 aliphatic rings. The maximum absolute atomic E-state index is 3.70. The molecule has 2 aromatic rings. The van der Waals surface area contributed by atoms with Gasteiger partial charge in [-0.2, -0.15) is 0 Å². The fourth-order valence-corrected chi connectivity index (χ4v) is 3.13. The van der Waals surface area contributed by atoms with Gasteiger partial charge in [-0.3, -0.25) is 0 Å². The standard InChI is InChI=1S/C18H24N2/c1-14(19-12-15-9-10-20(2)13-15)17-8-7-16-5-3-4-6-18(16)11-17/h3-8,11,14-15,19H,9-10,12-13H2,1-2H3. The maximum Gasteiger partial charge on any atom is 0.0292 e. The van der Waals surface area contributed by atoms with E-state index in [1.54, 1.807) is 0 Å². The second kappa shape index (κ2) is 5.94. The summed E-state index contributed by atoms with van der Waals surface area (Å²) in [4.78, 5) is 2.42. The average molecular weight is 268 g/mol. The summed E-state index contributed by atoms with van der Waals surface area (Å²) >= 11 is 0. The monoisotopic (exact) mass is 268 g/mol. The summed E-state index contributed by atoms with van der Waals surface area (Å²) in [5, 5.41) is 6.35. The van der Waals surface area contributed by atoms with E-state index in [0.717, 1.165) is 12.5 Å². The van der Waals surface area contributed by atoms with Crippen molar-refractivity contribution in [2.75, 3.05) is 26.7 Å². The molecule has 2 unspecified atom stereocenters. The van der Waals surface area contributed by atoms with Crippen molar-refractivity contribution in [3.8, 4) is 0 Å². The molecule has 0 saturated carbocycles. The molecule has 1 fully saturated rings. The summed E-state index contributed by atoms with van der Waals surface area (Å²) in [6.45, 7) is 5.87. The molecule has 0 aliphatic carbocycles. The number of fused-ring (bicyclic) bond motifs is 1. The first-order valence-corrected chi connectivity index (χ1v) is 7.63. The molecule has 0 aromatic heterocycles. The Bertz CT molecular complexity index is 578. The maximum atomic E-state index is 3.70. The van der Waals surface area contributed by atoms with Crippen molar-refractivity contribution in [1.82, 2.24) is 10.2 Å². The summed E-state index contributed by atoms with van der Waals surface area (Å²) < 4.78 is 0. The second-order valence-corrected chi connectivity index (χ2v) is 6.15. The molecule has 20 heavy (non-hydrogen) atoms. The van der Waals surface area contributed by atoms with Crippen LogP contribution in [-0.4, -0.2) is 31.6 Å². The third-order valence-electron chi connectivity index (χ3n) is 4.48. The van der Waals surface area contributed by atoms with Gasteiger partial charge in [0.25, 0.3) is 0 Å². The first kappa shape index (κ1) is 13.6. The summed E-state index contributed by atoms with van der Waals surface area (Å²) in [5.41, 5.74) is 1.38. The average Bonchev–Trinajstić information content (AvgIpc) is 2.90. The predicted octanol–water partition coefficient (Wildman–Crippen LogP) is 3.44. The summed E-state index contributed by atoms with van der Waals surface area (Å²) in [6, 6.07) is 15.8. The van der Waals surface area contributed by atoms with Gasteiger partial charge in [0.1, 0.15) is 0 Å². The molecule has 0 spiro atoms. The van der Waals surface area contributed by atoms with E-state index in [1.807, 2.05) is 0 Å². The third kappa shape index (κ3) is 3.02. The Labute approximate surface area is 121 Å². The van der Waals surface area contributed by atoms with E-state index in [4.69, 9.17) is 0 Å². The van der Waals surface area contributed by atoms with Crippen LogP contribution in [0.3, 0.4) is 0 Å². The van der Waals surface area contributed by atoms with Gasteiger partial charge in [-0.15, -0.1) is 0 Å². The minimum absolute atomic E-state index is 0.422. The van der Waals surface area contributed by atoms with Crippen LogP contribution in [0.1, 0.15) is 24.9 Å². The van der Waals surface area contributed by atoms with E-state index < -0.39 is 0 Å².